The van der Waals surface area contributed by atoms with Crippen LogP contribution in [0.2, 0.25) is 0 Å². The van der Waals surface area contributed by atoms with E-state index in [1.54, 1.807) is 0 Å². The van der Waals surface area contributed by atoms with Crippen LogP contribution in [0.15, 0.2) is 18.2 Å². The summed E-state index contributed by atoms with van der Waals surface area (Å²) in [7, 11) is 0. The number of phenols is 1. The number of hydrogen-bond donors (Lipinski definition) is 3. The molecule has 0 aliphatic carbocycles. The molecule has 4 N–H and O–H groups in total. The molecule has 72 valence electrons. The van der Waals surface area contributed by atoms with Gasteiger partial charge in [-0.05, 0) is 13.0 Å². The van der Waals surface area contributed by atoms with E-state index >= 15 is 0 Å². The number of hydrogen-bond acceptors (Lipinski definition) is 3. The summed E-state index contributed by atoms with van der Waals surface area (Å²) in [6.45, 7) is 1.48. The second-order valence-corrected chi connectivity index (χ2v) is 2.97. The Balaban J connectivity index is 3.01. The van der Waals surface area contributed by atoms with E-state index in [1.165, 1.54) is 19.1 Å². The second-order valence-electron chi connectivity index (χ2n) is 2.97. The van der Waals surface area contributed by atoms with Crippen molar-refractivity contribution >= 4 is 0 Å². The van der Waals surface area contributed by atoms with Crippen molar-refractivity contribution in [1.29, 1.82) is 0 Å². The third-order valence-electron chi connectivity index (χ3n) is 1.86. The van der Waals surface area contributed by atoms with Crippen molar-refractivity contribution in [2.75, 3.05) is 0 Å². The number of aliphatic hydroxyl groups excluding tert-OH is 1. The van der Waals surface area contributed by atoms with Crippen LogP contribution < -0.4 is 5.73 Å². The van der Waals surface area contributed by atoms with Crippen LogP contribution in [0.1, 0.15) is 18.5 Å². The van der Waals surface area contributed by atoms with Crippen LogP contribution in [0.25, 0.3) is 0 Å². The first-order valence-corrected chi connectivity index (χ1v) is 3.94. The van der Waals surface area contributed by atoms with Gasteiger partial charge in [-0.25, -0.2) is 4.39 Å². The number of nitrogens with two attached hydrogens (primary N) is 1. The average molecular weight is 185 g/mol. The van der Waals surface area contributed by atoms with E-state index in [0.717, 1.165) is 6.07 Å². The Bertz CT molecular complexity index is 302. The van der Waals surface area contributed by atoms with Gasteiger partial charge in [0.25, 0.3) is 0 Å². The number of halogens is 1. The zero-order chi connectivity index (χ0) is 10.0. The quantitative estimate of drug-likeness (QED) is 0.641. The van der Waals surface area contributed by atoms with Crippen molar-refractivity contribution in [3.8, 4) is 5.75 Å². The Hall–Kier alpha value is -1.13. The highest BCUT2D eigenvalue weighted by atomic mass is 19.1. The van der Waals surface area contributed by atoms with E-state index in [-0.39, 0.29) is 11.3 Å². The molecular weight excluding hydrogens is 173 g/mol. The largest absolute Gasteiger partial charge is 0.508 e. The van der Waals surface area contributed by atoms with Crippen molar-refractivity contribution in [2.24, 2.45) is 5.73 Å². The van der Waals surface area contributed by atoms with Gasteiger partial charge in [-0.3, -0.25) is 0 Å². The Morgan fingerprint density at radius 1 is 1.46 bits per heavy atom. The minimum atomic E-state index is -0.820. The van der Waals surface area contributed by atoms with Crippen molar-refractivity contribution in [1.82, 2.24) is 0 Å². The summed E-state index contributed by atoms with van der Waals surface area (Å²) >= 11 is 0. The van der Waals surface area contributed by atoms with E-state index in [9.17, 15) is 4.39 Å². The van der Waals surface area contributed by atoms with Crippen molar-refractivity contribution in [3.05, 3.63) is 29.6 Å². The monoisotopic (exact) mass is 185 g/mol. The normalized spacial score (nSPS) is 15.4. The van der Waals surface area contributed by atoms with Gasteiger partial charge < -0.3 is 15.9 Å². The van der Waals surface area contributed by atoms with Crippen LogP contribution in [-0.2, 0) is 0 Å². The Labute approximate surface area is 75.6 Å². The maximum absolute atomic E-state index is 13.1. The van der Waals surface area contributed by atoms with E-state index in [2.05, 4.69) is 0 Å². The number of aromatic hydroxyl groups is 1. The smallest absolute Gasteiger partial charge is 0.131 e. The summed E-state index contributed by atoms with van der Waals surface area (Å²) in [5, 5.41) is 18.0. The number of rotatable bonds is 2. The van der Waals surface area contributed by atoms with Gasteiger partial charge in [-0.1, -0.05) is 6.07 Å². The molecule has 0 aliphatic rings. The summed E-state index contributed by atoms with van der Waals surface area (Å²) in [5.41, 5.74) is 5.72. The molecule has 1 rings (SSSR count). The summed E-state index contributed by atoms with van der Waals surface area (Å²) < 4.78 is 13.1. The molecule has 3 nitrogen and oxygen atoms in total. The zero-order valence-corrected chi connectivity index (χ0v) is 7.24. The molecule has 0 aliphatic heterocycles. The molecule has 4 heteroatoms. The molecule has 0 aromatic heterocycles. The average Bonchev–Trinajstić information content (AvgIpc) is 2.03. The first kappa shape index (κ1) is 9.95. The fraction of sp³-hybridized carbons (Fsp3) is 0.333. The third kappa shape index (κ3) is 2.17. The summed E-state index contributed by atoms with van der Waals surface area (Å²) in [5.74, 6) is -0.757. The van der Waals surface area contributed by atoms with Gasteiger partial charge in [0.15, 0.2) is 0 Å². The highest BCUT2D eigenvalue weighted by molar-refractivity contribution is 5.30. The summed E-state index contributed by atoms with van der Waals surface area (Å²) in [6, 6.07) is 2.90. The van der Waals surface area contributed by atoms with Crippen molar-refractivity contribution in [2.45, 2.75) is 19.1 Å². The predicted octanol–water partition coefficient (Wildman–Crippen LogP) is 0.912. The van der Waals surface area contributed by atoms with Crippen molar-refractivity contribution in [3.63, 3.8) is 0 Å². The molecular formula is C9H12FNO2. The number of aliphatic hydroxyl groups is 1. The third-order valence-corrected chi connectivity index (χ3v) is 1.86. The first-order chi connectivity index (χ1) is 6.02. The maximum Gasteiger partial charge on any atom is 0.131 e. The summed E-state index contributed by atoms with van der Waals surface area (Å²) in [6.07, 6.45) is -0.820. The standard InChI is InChI=1S/C9H12FNO2/c1-5(12)9(11)7-3-2-6(13)4-8(7)10/h2-5,9,12-13H,11H2,1H3/t5-,9+/m0/s1. The van der Waals surface area contributed by atoms with E-state index in [1.807, 2.05) is 0 Å². The predicted molar refractivity (Wildman–Crippen MR) is 46.7 cm³/mol. The Morgan fingerprint density at radius 3 is 2.54 bits per heavy atom. The summed E-state index contributed by atoms with van der Waals surface area (Å²) in [4.78, 5) is 0. The molecule has 0 unspecified atom stereocenters. The molecule has 0 saturated heterocycles. The fourth-order valence-corrected chi connectivity index (χ4v) is 1.05. The van der Waals surface area contributed by atoms with E-state index in [0.29, 0.717) is 0 Å². The lowest BCUT2D eigenvalue weighted by Crippen LogP contribution is -2.24. The lowest BCUT2D eigenvalue weighted by molar-refractivity contribution is 0.162. The van der Waals surface area contributed by atoms with Crippen LogP contribution in [0, 0.1) is 5.82 Å². The van der Waals surface area contributed by atoms with E-state index < -0.39 is 18.0 Å². The van der Waals surface area contributed by atoms with Crippen LogP contribution in [0.4, 0.5) is 4.39 Å². The SMILES string of the molecule is C[C@H](O)[C@@H](N)c1ccc(O)cc1F. The van der Waals surface area contributed by atoms with Gasteiger partial charge in [0.2, 0.25) is 0 Å². The Kier molecular flexibility index (Phi) is 2.85. The number of phenolic OH excluding ortho intramolecular Hbond substituents is 1. The van der Waals surface area contributed by atoms with Gasteiger partial charge in [0, 0.05) is 11.6 Å². The topological polar surface area (TPSA) is 66.5 Å². The molecule has 0 radical (unpaired) electrons. The van der Waals surface area contributed by atoms with Crippen LogP contribution in [-0.4, -0.2) is 16.3 Å². The molecule has 0 amide bonds. The fourth-order valence-electron chi connectivity index (χ4n) is 1.05. The lowest BCUT2D eigenvalue weighted by atomic mass is 10.0. The van der Waals surface area contributed by atoms with E-state index in [4.69, 9.17) is 15.9 Å². The van der Waals surface area contributed by atoms with Gasteiger partial charge in [-0.15, -0.1) is 0 Å². The van der Waals surface area contributed by atoms with Crippen LogP contribution in [0.5, 0.6) is 5.75 Å². The van der Waals surface area contributed by atoms with Gasteiger partial charge >= 0.3 is 0 Å². The molecule has 13 heavy (non-hydrogen) atoms. The lowest BCUT2D eigenvalue weighted by Gasteiger charge is -2.15. The zero-order valence-electron chi connectivity index (χ0n) is 7.24. The number of benzene rings is 1. The second kappa shape index (κ2) is 3.72. The molecule has 1 aromatic carbocycles. The molecule has 1 aromatic rings. The highest BCUT2D eigenvalue weighted by Gasteiger charge is 2.16. The minimum absolute atomic E-state index is 0.154. The Morgan fingerprint density at radius 2 is 2.08 bits per heavy atom. The van der Waals surface area contributed by atoms with Crippen molar-refractivity contribution < 1.29 is 14.6 Å². The molecule has 2 atom stereocenters. The van der Waals surface area contributed by atoms with Gasteiger partial charge in [0.1, 0.15) is 11.6 Å². The molecule has 0 heterocycles. The molecule has 0 saturated carbocycles. The van der Waals surface area contributed by atoms with Gasteiger partial charge in [0.05, 0.1) is 12.1 Å². The molecule has 0 bridgehead atoms. The van der Waals surface area contributed by atoms with Crippen LogP contribution >= 0.6 is 0 Å². The first-order valence-electron chi connectivity index (χ1n) is 3.94. The highest BCUT2D eigenvalue weighted by Crippen LogP contribution is 2.21. The van der Waals surface area contributed by atoms with Crippen LogP contribution in [0.3, 0.4) is 0 Å². The maximum atomic E-state index is 13.1. The molecule has 0 fully saturated rings. The van der Waals surface area contributed by atoms with Gasteiger partial charge in [-0.2, -0.15) is 0 Å². The minimum Gasteiger partial charge on any atom is -0.508 e. The molecule has 0 spiro atoms.